The minimum absolute atomic E-state index is 0.0263. The van der Waals surface area contributed by atoms with Crippen LogP contribution in [0.3, 0.4) is 0 Å². The van der Waals surface area contributed by atoms with Crippen LogP contribution >= 0.6 is 0 Å². The Kier molecular flexibility index (Phi) is 7.89. The van der Waals surface area contributed by atoms with Crippen molar-refractivity contribution in [2.24, 2.45) is 0 Å². The summed E-state index contributed by atoms with van der Waals surface area (Å²) in [4.78, 5) is 26.0. The molecule has 2 N–H and O–H groups in total. The lowest BCUT2D eigenvalue weighted by molar-refractivity contribution is -0.192. The molecule has 6 nitrogen and oxygen atoms in total. The Morgan fingerprint density at radius 3 is 2.30 bits per heavy atom. The van der Waals surface area contributed by atoms with E-state index in [-0.39, 0.29) is 11.6 Å². The zero-order valence-electron chi connectivity index (χ0n) is 17.0. The molecule has 1 aromatic rings. The van der Waals surface area contributed by atoms with Crippen molar-refractivity contribution >= 4 is 17.7 Å². The number of nitrogens with one attached hydrogen (secondary N) is 1. The van der Waals surface area contributed by atoms with Crippen molar-refractivity contribution in [2.45, 2.75) is 44.3 Å². The lowest BCUT2D eigenvalue weighted by Crippen LogP contribution is -2.57. The van der Waals surface area contributed by atoms with E-state index in [1.165, 1.54) is 24.8 Å². The van der Waals surface area contributed by atoms with E-state index >= 15 is 0 Å². The van der Waals surface area contributed by atoms with Gasteiger partial charge in [-0.25, -0.2) is 9.59 Å². The maximum atomic E-state index is 12.6. The van der Waals surface area contributed by atoms with Crippen LogP contribution in [0, 0.1) is 6.92 Å². The Labute approximate surface area is 174 Å². The maximum Gasteiger partial charge on any atom is 0.490 e. The molecule has 2 fully saturated rings. The molecule has 3 rings (SSSR count). The maximum absolute atomic E-state index is 12.6. The van der Waals surface area contributed by atoms with Crippen LogP contribution in [-0.2, 0) is 4.79 Å². The van der Waals surface area contributed by atoms with Crippen LogP contribution in [0.1, 0.15) is 31.2 Å². The molecule has 30 heavy (non-hydrogen) atoms. The number of halogens is 3. The highest BCUT2D eigenvalue weighted by Gasteiger charge is 2.44. The van der Waals surface area contributed by atoms with Crippen LogP contribution in [0.15, 0.2) is 36.9 Å². The topological polar surface area (TPSA) is 72.9 Å². The average molecular weight is 427 g/mol. The van der Waals surface area contributed by atoms with Gasteiger partial charge in [-0.15, -0.1) is 6.58 Å². The fourth-order valence-corrected chi connectivity index (χ4v) is 4.02. The molecule has 166 valence electrons. The van der Waals surface area contributed by atoms with Crippen molar-refractivity contribution in [1.29, 1.82) is 0 Å². The fourth-order valence-electron chi connectivity index (χ4n) is 4.02. The number of aryl methyl sites for hydroxylation is 1. The average Bonchev–Trinajstić information content (AvgIpc) is 3.05. The largest absolute Gasteiger partial charge is 0.490 e. The van der Waals surface area contributed by atoms with E-state index in [4.69, 9.17) is 9.90 Å². The predicted octanol–water partition coefficient (Wildman–Crippen LogP) is 4.28. The monoisotopic (exact) mass is 427 g/mol. The number of carboxylic acid groups (broad SMARTS) is 1. The first-order valence-electron chi connectivity index (χ1n) is 9.86. The van der Waals surface area contributed by atoms with Crippen molar-refractivity contribution in [2.75, 3.05) is 31.5 Å². The van der Waals surface area contributed by atoms with Crippen LogP contribution in [0.2, 0.25) is 0 Å². The van der Waals surface area contributed by atoms with E-state index in [2.05, 4.69) is 16.8 Å². The number of benzene rings is 1. The molecule has 1 unspecified atom stereocenters. The Morgan fingerprint density at radius 1 is 1.20 bits per heavy atom. The van der Waals surface area contributed by atoms with Gasteiger partial charge < -0.3 is 15.3 Å². The Morgan fingerprint density at radius 2 is 1.77 bits per heavy atom. The third kappa shape index (κ3) is 6.22. The highest BCUT2D eigenvalue weighted by atomic mass is 19.4. The quantitative estimate of drug-likeness (QED) is 0.707. The number of piperidine rings is 1. The van der Waals surface area contributed by atoms with E-state index in [0.29, 0.717) is 0 Å². The van der Waals surface area contributed by atoms with Gasteiger partial charge in [0.15, 0.2) is 0 Å². The molecule has 0 aliphatic carbocycles. The zero-order chi connectivity index (χ0) is 22.4. The van der Waals surface area contributed by atoms with Gasteiger partial charge in [0.05, 0.1) is 0 Å². The molecule has 0 bridgehead atoms. The standard InChI is InChI=1S/C19H27N3O.C2HF3O2/c1-3-12-22-14-5-11-19(22)10-4-13-21(15-19)18(23)20-17-8-6-16(2)7-9-17;3-2(4,5)1(6)7/h3,6-9H,1,4-5,10-15H2,2H3,(H,20,23);(H,6,7). The van der Waals surface area contributed by atoms with Gasteiger partial charge in [-0.05, 0) is 51.3 Å². The molecule has 0 radical (unpaired) electrons. The number of hydrogen-bond acceptors (Lipinski definition) is 3. The van der Waals surface area contributed by atoms with E-state index in [0.717, 1.165) is 38.3 Å². The molecular formula is C21H28F3N3O3. The summed E-state index contributed by atoms with van der Waals surface area (Å²) >= 11 is 0. The molecule has 9 heteroatoms. The molecule has 2 saturated heterocycles. The molecule has 0 aromatic heterocycles. The molecule has 1 aromatic carbocycles. The second-order valence-corrected chi connectivity index (χ2v) is 7.69. The highest BCUT2D eigenvalue weighted by molar-refractivity contribution is 5.89. The van der Waals surface area contributed by atoms with Gasteiger partial charge in [-0.3, -0.25) is 4.90 Å². The molecule has 1 spiro atoms. The first kappa shape index (κ1) is 23.7. The number of alkyl halides is 3. The lowest BCUT2D eigenvalue weighted by atomic mass is 9.86. The summed E-state index contributed by atoms with van der Waals surface area (Å²) in [5.74, 6) is -2.76. The molecule has 2 aliphatic heterocycles. The van der Waals surface area contributed by atoms with Gasteiger partial charge in [-0.2, -0.15) is 13.2 Å². The number of rotatable bonds is 3. The van der Waals surface area contributed by atoms with Gasteiger partial charge in [0, 0.05) is 30.9 Å². The number of carbonyl (C=O) groups excluding carboxylic acids is 1. The van der Waals surface area contributed by atoms with Crippen molar-refractivity contribution in [1.82, 2.24) is 9.80 Å². The number of carbonyl (C=O) groups is 2. The molecule has 0 saturated carbocycles. The number of aliphatic carboxylic acids is 1. The lowest BCUT2D eigenvalue weighted by Gasteiger charge is -2.45. The molecule has 2 aliphatic rings. The second kappa shape index (κ2) is 9.97. The number of nitrogens with zero attached hydrogens (tertiary/aromatic N) is 2. The number of anilines is 1. The number of likely N-dealkylation sites (tertiary alicyclic amines) is 2. The highest BCUT2D eigenvalue weighted by Crippen LogP contribution is 2.37. The predicted molar refractivity (Wildman–Crippen MR) is 108 cm³/mol. The number of carboxylic acids is 1. The van der Waals surface area contributed by atoms with Crippen molar-refractivity contribution in [3.05, 3.63) is 42.5 Å². The first-order chi connectivity index (χ1) is 14.1. The molecule has 2 amide bonds. The minimum Gasteiger partial charge on any atom is -0.475 e. The van der Waals surface area contributed by atoms with E-state index in [9.17, 15) is 18.0 Å². The summed E-state index contributed by atoms with van der Waals surface area (Å²) in [6.45, 7) is 9.66. The fraction of sp³-hybridized carbons (Fsp3) is 0.524. The smallest absolute Gasteiger partial charge is 0.475 e. The van der Waals surface area contributed by atoms with Gasteiger partial charge in [-0.1, -0.05) is 23.8 Å². The van der Waals surface area contributed by atoms with E-state index in [1.54, 1.807) is 0 Å². The molecule has 1 atom stereocenters. The van der Waals surface area contributed by atoms with Crippen molar-refractivity contribution in [3.63, 3.8) is 0 Å². The number of hydrogen-bond donors (Lipinski definition) is 2. The van der Waals surface area contributed by atoms with E-state index < -0.39 is 12.1 Å². The summed E-state index contributed by atoms with van der Waals surface area (Å²) in [5.41, 5.74) is 2.23. The first-order valence-corrected chi connectivity index (χ1v) is 9.86. The van der Waals surface area contributed by atoms with Crippen molar-refractivity contribution in [3.8, 4) is 0 Å². The van der Waals surface area contributed by atoms with Crippen LogP contribution in [-0.4, -0.2) is 64.8 Å². The van der Waals surface area contributed by atoms with Gasteiger partial charge in [0.25, 0.3) is 0 Å². The third-order valence-corrected chi connectivity index (χ3v) is 5.48. The Hall–Kier alpha value is -2.55. The van der Waals surface area contributed by atoms with Crippen LogP contribution < -0.4 is 5.32 Å². The molecular weight excluding hydrogens is 399 g/mol. The third-order valence-electron chi connectivity index (χ3n) is 5.48. The van der Waals surface area contributed by atoms with Gasteiger partial charge in [0.1, 0.15) is 0 Å². The second-order valence-electron chi connectivity index (χ2n) is 7.69. The van der Waals surface area contributed by atoms with Crippen molar-refractivity contribution < 1.29 is 27.9 Å². The Balaban J connectivity index is 0.000000396. The zero-order valence-corrected chi connectivity index (χ0v) is 17.0. The SMILES string of the molecule is C=CCN1CCCC12CCCN(C(=O)Nc1ccc(C)cc1)C2.O=C(O)C(F)(F)F. The summed E-state index contributed by atoms with van der Waals surface area (Å²) in [6, 6.07) is 8.00. The van der Waals surface area contributed by atoms with E-state index in [1.807, 2.05) is 42.2 Å². The normalized spacial score (nSPS) is 21.7. The number of urea groups is 1. The minimum atomic E-state index is -5.08. The summed E-state index contributed by atoms with van der Waals surface area (Å²) < 4.78 is 31.7. The van der Waals surface area contributed by atoms with Gasteiger partial charge in [0.2, 0.25) is 0 Å². The Bertz CT molecular complexity index is 752. The summed E-state index contributed by atoms with van der Waals surface area (Å²) in [5, 5.41) is 10.2. The summed E-state index contributed by atoms with van der Waals surface area (Å²) in [6.07, 6.45) is 1.58. The van der Waals surface area contributed by atoms with Gasteiger partial charge >= 0.3 is 18.2 Å². The summed E-state index contributed by atoms with van der Waals surface area (Å²) in [7, 11) is 0. The molecule has 2 heterocycles. The van der Waals surface area contributed by atoms with Crippen LogP contribution in [0.4, 0.5) is 23.7 Å². The van der Waals surface area contributed by atoms with Crippen LogP contribution in [0.25, 0.3) is 0 Å². The number of amides is 2. The van der Waals surface area contributed by atoms with Crippen LogP contribution in [0.5, 0.6) is 0 Å².